The molecular weight excluding hydrogens is 284 g/mol. The number of thiocarbonyl (C=S) groups is 1. The van der Waals surface area contributed by atoms with Gasteiger partial charge in [0.05, 0.1) is 11.1 Å². The first-order chi connectivity index (χ1) is 10.1. The van der Waals surface area contributed by atoms with Crippen molar-refractivity contribution in [2.24, 2.45) is 5.73 Å². The van der Waals surface area contributed by atoms with Crippen LogP contribution in [0.25, 0.3) is 0 Å². The summed E-state index contributed by atoms with van der Waals surface area (Å²) in [4.78, 5) is 12.4. The average Bonchev–Trinajstić information content (AvgIpc) is 2.48. The quantitative estimate of drug-likeness (QED) is 0.793. The SMILES string of the molecule is NC(=S)Cc1ccc(NC(=O)CCC2CCCCO2)cc1. The van der Waals surface area contributed by atoms with Crippen molar-refractivity contribution in [3.8, 4) is 0 Å². The minimum Gasteiger partial charge on any atom is -0.393 e. The minimum absolute atomic E-state index is 0.0336. The second-order valence-corrected chi connectivity index (χ2v) is 5.94. The number of nitrogens with one attached hydrogen (secondary N) is 1. The van der Waals surface area contributed by atoms with Crippen LogP contribution in [-0.2, 0) is 16.0 Å². The number of hydrogen-bond donors (Lipinski definition) is 2. The molecule has 0 bridgehead atoms. The Morgan fingerprint density at radius 2 is 2.10 bits per heavy atom. The molecule has 1 atom stereocenters. The summed E-state index contributed by atoms with van der Waals surface area (Å²) in [6, 6.07) is 7.61. The standard InChI is InChI=1S/C16H22N2O2S/c17-15(21)11-12-4-6-13(7-5-12)18-16(19)9-8-14-3-1-2-10-20-14/h4-7,14H,1-3,8-11H2,(H2,17,21)(H,18,19). The van der Waals surface area contributed by atoms with Gasteiger partial charge >= 0.3 is 0 Å². The zero-order chi connectivity index (χ0) is 15.1. The lowest BCUT2D eigenvalue weighted by Gasteiger charge is -2.22. The van der Waals surface area contributed by atoms with Gasteiger partial charge in [-0.05, 0) is 43.4 Å². The summed E-state index contributed by atoms with van der Waals surface area (Å²) in [5.74, 6) is 0.0336. The van der Waals surface area contributed by atoms with Gasteiger partial charge in [0.25, 0.3) is 0 Å². The first-order valence-electron chi connectivity index (χ1n) is 7.42. The monoisotopic (exact) mass is 306 g/mol. The van der Waals surface area contributed by atoms with E-state index in [2.05, 4.69) is 5.32 Å². The van der Waals surface area contributed by atoms with E-state index in [-0.39, 0.29) is 12.0 Å². The Labute approximate surface area is 131 Å². The number of hydrogen-bond acceptors (Lipinski definition) is 3. The van der Waals surface area contributed by atoms with E-state index in [9.17, 15) is 4.79 Å². The minimum atomic E-state index is 0.0336. The molecule has 0 aromatic heterocycles. The van der Waals surface area contributed by atoms with Crippen molar-refractivity contribution < 1.29 is 9.53 Å². The Morgan fingerprint density at radius 1 is 1.33 bits per heavy atom. The largest absolute Gasteiger partial charge is 0.393 e. The lowest BCUT2D eigenvalue weighted by Crippen LogP contribution is -2.21. The Balaban J connectivity index is 1.75. The number of benzene rings is 1. The molecule has 1 saturated heterocycles. The molecule has 1 aromatic carbocycles. The van der Waals surface area contributed by atoms with Crippen molar-refractivity contribution in [1.29, 1.82) is 0 Å². The molecule has 1 aliphatic rings. The molecule has 1 aliphatic heterocycles. The number of carbonyl (C=O) groups excluding carboxylic acids is 1. The number of ether oxygens (including phenoxy) is 1. The zero-order valence-electron chi connectivity index (χ0n) is 12.1. The maximum Gasteiger partial charge on any atom is 0.224 e. The third-order valence-corrected chi connectivity index (χ3v) is 3.73. The van der Waals surface area contributed by atoms with Crippen LogP contribution >= 0.6 is 12.2 Å². The predicted octanol–water partition coefficient (Wildman–Crippen LogP) is 2.80. The first kappa shape index (κ1) is 15.9. The molecule has 3 N–H and O–H groups in total. The highest BCUT2D eigenvalue weighted by Gasteiger charge is 2.15. The summed E-state index contributed by atoms with van der Waals surface area (Å²) in [5, 5.41) is 2.90. The van der Waals surface area contributed by atoms with Crippen molar-refractivity contribution in [3.63, 3.8) is 0 Å². The van der Waals surface area contributed by atoms with Crippen LogP contribution in [0, 0.1) is 0 Å². The lowest BCUT2D eigenvalue weighted by atomic mass is 10.0. The van der Waals surface area contributed by atoms with E-state index in [4.69, 9.17) is 22.7 Å². The number of amides is 1. The summed E-state index contributed by atoms with van der Waals surface area (Å²) in [6.45, 7) is 0.830. The van der Waals surface area contributed by atoms with Gasteiger partial charge in [-0.25, -0.2) is 0 Å². The van der Waals surface area contributed by atoms with E-state index in [0.29, 0.717) is 17.8 Å². The molecule has 0 radical (unpaired) electrons. The van der Waals surface area contributed by atoms with Crippen molar-refractivity contribution in [2.45, 2.75) is 44.6 Å². The van der Waals surface area contributed by atoms with Crippen molar-refractivity contribution in [2.75, 3.05) is 11.9 Å². The Kier molecular flexibility index (Phi) is 6.14. The molecule has 1 heterocycles. The van der Waals surface area contributed by atoms with E-state index in [0.717, 1.165) is 37.1 Å². The molecule has 1 aromatic rings. The van der Waals surface area contributed by atoms with Gasteiger partial charge in [0, 0.05) is 25.1 Å². The molecule has 114 valence electrons. The van der Waals surface area contributed by atoms with Crippen LogP contribution in [0.4, 0.5) is 5.69 Å². The molecule has 4 nitrogen and oxygen atoms in total. The van der Waals surface area contributed by atoms with Crippen molar-refractivity contribution in [1.82, 2.24) is 0 Å². The molecule has 1 unspecified atom stereocenters. The van der Waals surface area contributed by atoms with Crippen LogP contribution in [-0.4, -0.2) is 23.6 Å². The molecule has 0 saturated carbocycles. The molecule has 0 spiro atoms. The topological polar surface area (TPSA) is 64.3 Å². The number of nitrogens with two attached hydrogens (primary N) is 1. The highest BCUT2D eigenvalue weighted by Crippen LogP contribution is 2.17. The van der Waals surface area contributed by atoms with Crippen LogP contribution in [0.1, 0.15) is 37.7 Å². The summed E-state index contributed by atoms with van der Waals surface area (Å²) in [7, 11) is 0. The van der Waals surface area contributed by atoms with Gasteiger partial charge in [0.15, 0.2) is 0 Å². The lowest BCUT2D eigenvalue weighted by molar-refractivity contribution is -0.117. The third kappa shape index (κ3) is 5.81. The summed E-state index contributed by atoms with van der Waals surface area (Å²) < 4.78 is 5.63. The molecule has 1 amide bonds. The normalized spacial score (nSPS) is 18.2. The summed E-state index contributed by atoms with van der Waals surface area (Å²) in [5.41, 5.74) is 7.36. The fraction of sp³-hybridized carbons (Fsp3) is 0.500. The van der Waals surface area contributed by atoms with E-state index >= 15 is 0 Å². The molecule has 2 rings (SSSR count). The Bertz CT molecular complexity index is 482. The van der Waals surface area contributed by atoms with Gasteiger partial charge in [-0.2, -0.15) is 0 Å². The van der Waals surface area contributed by atoms with Crippen LogP contribution in [0.15, 0.2) is 24.3 Å². The van der Waals surface area contributed by atoms with E-state index < -0.39 is 0 Å². The predicted molar refractivity (Wildman–Crippen MR) is 88.4 cm³/mol. The van der Waals surface area contributed by atoms with Crippen LogP contribution in [0.5, 0.6) is 0 Å². The fourth-order valence-corrected chi connectivity index (χ4v) is 2.62. The second kappa shape index (κ2) is 8.10. The molecule has 0 aliphatic carbocycles. The highest BCUT2D eigenvalue weighted by molar-refractivity contribution is 7.80. The third-order valence-electron chi connectivity index (χ3n) is 3.58. The average molecular weight is 306 g/mol. The first-order valence-corrected chi connectivity index (χ1v) is 7.83. The fourth-order valence-electron chi connectivity index (χ4n) is 2.46. The van der Waals surface area contributed by atoms with Crippen molar-refractivity contribution >= 4 is 28.8 Å². The molecule has 5 heteroatoms. The van der Waals surface area contributed by atoms with Gasteiger partial charge < -0.3 is 15.8 Å². The summed E-state index contributed by atoms with van der Waals surface area (Å²) >= 11 is 4.87. The van der Waals surface area contributed by atoms with Crippen LogP contribution in [0.2, 0.25) is 0 Å². The number of rotatable bonds is 6. The van der Waals surface area contributed by atoms with Gasteiger partial charge in [-0.3, -0.25) is 4.79 Å². The second-order valence-electron chi connectivity index (χ2n) is 5.42. The van der Waals surface area contributed by atoms with Crippen LogP contribution in [0.3, 0.4) is 0 Å². The number of carbonyl (C=O) groups is 1. The van der Waals surface area contributed by atoms with E-state index in [1.165, 1.54) is 6.42 Å². The smallest absolute Gasteiger partial charge is 0.224 e. The Morgan fingerprint density at radius 3 is 2.71 bits per heavy atom. The number of anilines is 1. The van der Waals surface area contributed by atoms with Gasteiger partial charge in [0.2, 0.25) is 5.91 Å². The zero-order valence-corrected chi connectivity index (χ0v) is 13.0. The molecular formula is C16H22N2O2S. The van der Waals surface area contributed by atoms with Gasteiger partial charge in [-0.15, -0.1) is 0 Å². The molecule has 21 heavy (non-hydrogen) atoms. The maximum atomic E-state index is 11.9. The van der Waals surface area contributed by atoms with Gasteiger partial charge in [-0.1, -0.05) is 24.4 Å². The highest BCUT2D eigenvalue weighted by atomic mass is 32.1. The molecule has 1 fully saturated rings. The van der Waals surface area contributed by atoms with Crippen LogP contribution < -0.4 is 11.1 Å². The maximum absolute atomic E-state index is 11.9. The summed E-state index contributed by atoms with van der Waals surface area (Å²) in [6.07, 6.45) is 5.55. The van der Waals surface area contributed by atoms with E-state index in [1.807, 2.05) is 24.3 Å². The van der Waals surface area contributed by atoms with Gasteiger partial charge in [0.1, 0.15) is 0 Å². The Hall–Kier alpha value is -1.46. The van der Waals surface area contributed by atoms with E-state index in [1.54, 1.807) is 0 Å². The van der Waals surface area contributed by atoms with Crippen molar-refractivity contribution in [3.05, 3.63) is 29.8 Å².